The van der Waals surface area contributed by atoms with Crippen LogP contribution in [0.5, 0.6) is 5.75 Å². The average Bonchev–Trinajstić information content (AvgIpc) is 3.16. The highest BCUT2D eigenvalue weighted by Crippen LogP contribution is 2.41. The first kappa shape index (κ1) is 18.4. The molecule has 0 aromatic heterocycles. The molecule has 0 radical (unpaired) electrons. The van der Waals surface area contributed by atoms with E-state index in [2.05, 4.69) is 0 Å². The summed E-state index contributed by atoms with van der Waals surface area (Å²) in [5, 5.41) is 0.649. The van der Waals surface area contributed by atoms with E-state index in [1.54, 1.807) is 7.05 Å². The van der Waals surface area contributed by atoms with E-state index in [9.17, 15) is 4.79 Å². The van der Waals surface area contributed by atoms with Gasteiger partial charge < -0.3 is 9.47 Å². The molecule has 1 atom stereocenters. The van der Waals surface area contributed by atoms with E-state index in [1.807, 2.05) is 72.8 Å². The second kappa shape index (κ2) is 7.95. The molecule has 1 aliphatic heterocycles. The molecule has 0 fully saturated rings. The lowest BCUT2D eigenvalue weighted by Gasteiger charge is -2.23. The van der Waals surface area contributed by atoms with Crippen LogP contribution in [-0.4, -0.2) is 24.3 Å². The normalized spacial score (nSPS) is 14.9. The smallest absolute Gasteiger partial charge is 0.412 e. The molecule has 4 rings (SSSR count). The maximum absolute atomic E-state index is 12.5. The molecular formula is C23H20ClNO3. The predicted octanol–water partition coefficient (Wildman–Crippen LogP) is 5.54. The zero-order valence-electron chi connectivity index (χ0n) is 15.5. The number of hydrogen-bond acceptors (Lipinski definition) is 3. The SMILES string of the molecule is CN(C(=O)OCc1ccccc1)C1Cc2cc(Cl)cc(-c3ccccc3)c2O1. The molecule has 1 heterocycles. The molecule has 4 nitrogen and oxygen atoms in total. The molecule has 0 aliphatic carbocycles. The minimum Gasteiger partial charge on any atom is -0.469 e. The Hall–Kier alpha value is -2.98. The fraction of sp³-hybridized carbons (Fsp3) is 0.174. The lowest BCUT2D eigenvalue weighted by molar-refractivity contribution is 0.0376. The third-order valence-electron chi connectivity index (χ3n) is 4.79. The van der Waals surface area contributed by atoms with Gasteiger partial charge in [-0.2, -0.15) is 0 Å². The Kier molecular flexibility index (Phi) is 5.22. The Morgan fingerprint density at radius 3 is 2.50 bits per heavy atom. The number of amides is 1. The molecule has 142 valence electrons. The Morgan fingerprint density at radius 2 is 1.79 bits per heavy atom. The van der Waals surface area contributed by atoms with E-state index in [0.29, 0.717) is 11.4 Å². The number of carbonyl (C=O) groups is 1. The molecule has 5 heteroatoms. The summed E-state index contributed by atoms with van der Waals surface area (Å²) in [6.45, 7) is 0.227. The molecule has 1 aliphatic rings. The lowest BCUT2D eigenvalue weighted by Crippen LogP contribution is -2.40. The van der Waals surface area contributed by atoms with Crippen molar-refractivity contribution < 1.29 is 14.3 Å². The van der Waals surface area contributed by atoms with Crippen LogP contribution in [0, 0.1) is 0 Å². The first-order valence-electron chi connectivity index (χ1n) is 9.10. The molecular weight excluding hydrogens is 374 g/mol. The number of likely N-dealkylation sites (N-methyl/N-ethyl adjacent to an activating group) is 1. The van der Waals surface area contributed by atoms with Crippen LogP contribution < -0.4 is 4.74 Å². The van der Waals surface area contributed by atoms with Crippen LogP contribution in [0.3, 0.4) is 0 Å². The van der Waals surface area contributed by atoms with Gasteiger partial charge in [-0.05, 0) is 23.3 Å². The van der Waals surface area contributed by atoms with Crippen molar-refractivity contribution in [3.05, 3.63) is 88.9 Å². The number of ether oxygens (including phenoxy) is 2. The number of hydrogen-bond donors (Lipinski definition) is 0. The topological polar surface area (TPSA) is 38.8 Å². The first-order chi connectivity index (χ1) is 13.6. The second-order valence-corrected chi connectivity index (χ2v) is 7.17. The largest absolute Gasteiger partial charge is 0.469 e. The predicted molar refractivity (Wildman–Crippen MR) is 109 cm³/mol. The van der Waals surface area contributed by atoms with Crippen molar-refractivity contribution in [2.75, 3.05) is 7.05 Å². The zero-order chi connectivity index (χ0) is 19.5. The van der Waals surface area contributed by atoms with E-state index in [0.717, 1.165) is 28.0 Å². The van der Waals surface area contributed by atoms with Crippen molar-refractivity contribution in [1.82, 2.24) is 4.90 Å². The Labute approximate surface area is 169 Å². The molecule has 0 bridgehead atoms. The summed E-state index contributed by atoms with van der Waals surface area (Å²) in [5.41, 5.74) is 3.88. The van der Waals surface area contributed by atoms with Gasteiger partial charge in [-0.1, -0.05) is 72.3 Å². The van der Waals surface area contributed by atoms with Crippen molar-refractivity contribution in [1.29, 1.82) is 0 Å². The zero-order valence-corrected chi connectivity index (χ0v) is 16.2. The van der Waals surface area contributed by atoms with Gasteiger partial charge in [0, 0.05) is 29.6 Å². The molecule has 0 N–H and O–H groups in total. The highest BCUT2D eigenvalue weighted by atomic mass is 35.5. The maximum atomic E-state index is 12.5. The molecule has 0 spiro atoms. The minimum absolute atomic E-state index is 0.227. The summed E-state index contributed by atoms with van der Waals surface area (Å²) in [4.78, 5) is 14.0. The maximum Gasteiger partial charge on any atom is 0.412 e. The van der Waals surface area contributed by atoms with Gasteiger partial charge in [0.2, 0.25) is 0 Å². The van der Waals surface area contributed by atoms with E-state index < -0.39 is 12.3 Å². The molecule has 1 unspecified atom stereocenters. The average molecular weight is 394 g/mol. The van der Waals surface area contributed by atoms with Gasteiger partial charge in [-0.15, -0.1) is 0 Å². The van der Waals surface area contributed by atoms with Gasteiger partial charge in [-0.3, -0.25) is 4.90 Å². The second-order valence-electron chi connectivity index (χ2n) is 6.74. The fourth-order valence-corrected chi connectivity index (χ4v) is 3.53. The molecule has 28 heavy (non-hydrogen) atoms. The highest BCUT2D eigenvalue weighted by molar-refractivity contribution is 6.31. The monoisotopic (exact) mass is 393 g/mol. The summed E-state index contributed by atoms with van der Waals surface area (Å²) >= 11 is 6.33. The van der Waals surface area contributed by atoms with Gasteiger partial charge in [0.15, 0.2) is 6.23 Å². The lowest BCUT2D eigenvalue weighted by atomic mass is 10.0. The standard InChI is InChI=1S/C23H20ClNO3/c1-25(23(26)27-15-16-8-4-2-5-9-16)21-13-18-12-19(24)14-20(22(18)28-21)17-10-6-3-7-11-17/h2-12,14,21H,13,15H2,1H3. The number of carbonyl (C=O) groups excluding carboxylic acids is 1. The molecule has 0 saturated heterocycles. The van der Waals surface area contributed by atoms with Crippen LogP contribution in [0.4, 0.5) is 4.79 Å². The Bertz CT molecular complexity index is 976. The number of benzene rings is 3. The number of nitrogens with zero attached hydrogens (tertiary/aromatic N) is 1. The molecule has 0 saturated carbocycles. The summed E-state index contributed by atoms with van der Waals surface area (Å²) < 4.78 is 11.6. The van der Waals surface area contributed by atoms with E-state index >= 15 is 0 Å². The van der Waals surface area contributed by atoms with Gasteiger partial charge in [0.25, 0.3) is 0 Å². The van der Waals surface area contributed by atoms with Gasteiger partial charge in [0.1, 0.15) is 12.4 Å². The summed E-state index contributed by atoms with van der Waals surface area (Å²) in [7, 11) is 1.69. The Balaban J connectivity index is 1.49. The van der Waals surface area contributed by atoms with Crippen LogP contribution in [0.15, 0.2) is 72.8 Å². The molecule has 1 amide bonds. The van der Waals surface area contributed by atoms with Crippen molar-refractivity contribution >= 4 is 17.7 Å². The Morgan fingerprint density at radius 1 is 1.11 bits per heavy atom. The molecule has 3 aromatic rings. The first-order valence-corrected chi connectivity index (χ1v) is 9.47. The van der Waals surface area contributed by atoms with Gasteiger partial charge in [0.05, 0.1) is 0 Å². The van der Waals surface area contributed by atoms with Crippen molar-refractivity contribution in [2.24, 2.45) is 0 Å². The van der Waals surface area contributed by atoms with E-state index in [-0.39, 0.29) is 6.61 Å². The summed E-state index contributed by atoms with van der Waals surface area (Å²) in [5.74, 6) is 0.767. The number of rotatable bonds is 4. The summed E-state index contributed by atoms with van der Waals surface area (Å²) in [6, 6.07) is 23.3. The van der Waals surface area contributed by atoms with Gasteiger partial charge >= 0.3 is 6.09 Å². The van der Waals surface area contributed by atoms with Crippen molar-refractivity contribution in [3.8, 4) is 16.9 Å². The van der Waals surface area contributed by atoms with E-state index in [1.165, 1.54) is 4.90 Å². The minimum atomic E-state index is -0.431. The van der Waals surface area contributed by atoms with Crippen LogP contribution in [0.25, 0.3) is 11.1 Å². The quantitative estimate of drug-likeness (QED) is 0.584. The molecule has 3 aromatic carbocycles. The number of fused-ring (bicyclic) bond motifs is 1. The van der Waals surface area contributed by atoms with Crippen LogP contribution in [0.1, 0.15) is 11.1 Å². The van der Waals surface area contributed by atoms with Crippen LogP contribution in [-0.2, 0) is 17.8 Å². The third kappa shape index (κ3) is 3.82. The fourth-order valence-electron chi connectivity index (χ4n) is 3.29. The van der Waals surface area contributed by atoms with Gasteiger partial charge in [-0.25, -0.2) is 4.79 Å². The van der Waals surface area contributed by atoms with Crippen molar-refractivity contribution in [2.45, 2.75) is 19.3 Å². The van der Waals surface area contributed by atoms with Crippen molar-refractivity contribution in [3.63, 3.8) is 0 Å². The van der Waals surface area contributed by atoms with Crippen LogP contribution >= 0.6 is 11.6 Å². The third-order valence-corrected chi connectivity index (χ3v) is 5.01. The summed E-state index contributed by atoms with van der Waals surface area (Å²) in [6.07, 6.45) is -0.291. The van der Waals surface area contributed by atoms with Crippen LogP contribution in [0.2, 0.25) is 5.02 Å². The van der Waals surface area contributed by atoms with E-state index in [4.69, 9.17) is 21.1 Å². The number of halogens is 1. The highest BCUT2D eigenvalue weighted by Gasteiger charge is 2.32.